The Kier molecular flexibility index (Phi) is 7.41. The Morgan fingerprint density at radius 2 is 2.19 bits per heavy atom. The van der Waals surface area contributed by atoms with Gasteiger partial charge in [-0.15, -0.1) is 0 Å². The first-order chi connectivity index (χ1) is 13.1. The number of hydrogen-bond acceptors (Lipinski definition) is 6. The van der Waals surface area contributed by atoms with E-state index in [1.165, 1.54) is 17.1 Å². The van der Waals surface area contributed by atoms with E-state index in [-0.39, 0.29) is 5.69 Å². The lowest BCUT2D eigenvalue weighted by Crippen LogP contribution is -2.31. The van der Waals surface area contributed by atoms with Crippen molar-refractivity contribution in [1.82, 2.24) is 15.1 Å². The van der Waals surface area contributed by atoms with Gasteiger partial charge in [-0.05, 0) is 26.0 Å². The first kappa shape index (κ1) is 20.0. The first-order valence-corrected chi connectivity index (χ1v) is 8.60. The molecule has 146 valence electrons. The fourth-order valence-corrected chi connectivity index (χ4v) is 2.30. The van der Waals surface area contributed by atoms with Crippen molar-refractivity contribution in [2.45, 2.75) is 20.4 Å². The number of anilines is 1. The Bertz CT molecular complexity index is 789. The maximum absolute atomic E-state index is 10.7. The van der Waals surface area contributed by atoms with Crippen molar-refractivity contribution >= 4 is 17.3 Å². The molecule has 0 atom stereocenters. The topological polar surface area (TPSA) is 116 Å². The number of aliphatic imine (C=N–C) groups is 1. The van der Waals surface area contributed by atoms with Gasteiger partial charge in [-0.25, -0.2) is 0 Å². The summed E-state index contributed by atoms with van der Waals surface area (Å²) in [6, 6.07) is 5.52. The summed E-state index contributed by atoms with van der Waals surface area (Å²) < 4.78 is 12.4. The lowest BCUT2D eigenvalue weighted by atomic mass is 10.2. The van der Waals surface area contributed by atoms with Crippen molar-refractivity contribution < 1.29 is 14.4 Å². The molecule has 10 nitrogen and oxygen atoms in total. The van der Waals surface area contributed by atoms with Gasteiger partial charge in [0, 0.05) is 18.3 Å². The molecule has 0 bridgehead atoms. The zero-order valence-corrected chi connectivity index (χ0v) is 15.6. The van der Waals surface area contributed by atoms with E-state index >= 15 is 0 Å². The van der Waals surface area contributed by atoms with E-state index in [2.05, 4.69) is 20.7 Å². The molecule has 2 N–H and O–H groups in total. The number of guanidine groups is 1. The van der Waals surface area contributed by atoms with E-state index in [0.717, 1.165) is 5.69 Å². The van der Waals surface area contributed by atoms with Crippen LogP contribution in [0.3, 0.4) is 0 Å². The fraction of sp³-hybridized carbons (Fsp3) is 0.412. The highest BCUT2D eigenvalue weighted by molar-refractivity contribution is 5.93. The standard InChI is InChI=1S/C17H24N6O4/c1-4-18-17(19-8-9-22-12-14(11-20-22)23(24)25)21-13-6-7-15(26-3)16(10-13)27-5-2/h6-7,10-12H,4-5,8-9H2,1-3H3,(H2,18,19,21). The molecule has 1 aromatic heterocycles. The minimum Gasteiger partial charge on any atom is -0.493 e. The Morgan fingerprint density at radius 1 is 1.37 bits per heavy atom. The number of aromatic nitrogens is 2. The third-order valence-electron chi connectivity index (χ3n) is 3.50. The molecule has 27 heavy (non-hydrogen) atoms. The van der Waals surface area contributed by atoms with Gasteiger partial charge >= 0.3 is 5.69 Å². The molecule has 0 radical (unpaired) electrons. The number of ether oxygens (including phenoxy) is 2. The van der Waals surface area contributed by atoms with E-state index in [4.69, 9.17) is 9.47 Å². The van der Waals surface area contributed by atoms with E-state index in [9.17, 15) is 10.1 Å². The highest BCUT2D eigenvalue weighted by Gasteiger charge is 2.09. The van der Waals surface area contributed by atoms with Gasteiger partial charge in [0.15, 0.2) is 17.5 Å². The molecule has 0 amide bonds. The first-order valence-electron chi connectivity index (χ1n) is 8.60. The van der Waals surface area contributed by atoms with Crippen LogP contribution in [-0.4, -0.2) is 47.5 Å². The monoisotopic (exact) mass is 376 g/mol. The minimum absolute atomic E-state index is 0.0364. The second-order valence-electron chi connectivity index (χ2n) is 5.40. The molecular formula is C17H24N6O4. The molecule has 0 aliphatic rings. The molecule has 0 spiro atoms. The molecule has 1 heterocycles. The van der Waals surface area contributed by atoms with Gasteiger partial charge in [-0.1, -0.05) is 0 Å². The fourth-order valence-electron chi connectivity index (χ4n) is 2.30. The number of hydrogen-bond donors (Lipinski definition) is 2. The van der Waals surface area contributed by atoms with Crippen LogP contribution in [0.4, 0.5) is 11.4 Å². The highest BCUT2D eigenvalue weighted by Crippen LogP contribution is 2.30. The number of nitro groups is 1. The summed E-state index contributed by atoms with van der Waals surface area (Å²) in [5.41, 5.74) is 0.763. The van der Waals surface area contributed by atoms with Crippen molar-refractivity contribution in [1.29, 1.82) is 0 Å². The zero-order chi connectivity index (χ0) is 19.6. The van der Waals surface area contributed by atoms with Gasteiger partial charge in [0.05, 0.1) is 31.7 Å². The van der Waals surface area contributed by atoms with E-state index in [1.807, 2.05) is 32.0 Å². The molecule has 0 fully saturated rings. The summed E-state index contributed by atoms with van der Waals surface area (Å²) in [5, 5.41) is 21.0. The SMILES string of the molecule is CCNC(=NCCn1cc([N+](=O)[O-])cn1)Nc1ccc(OC)c(OCC)c1. The Labute approximate surface area is 157 Å². The third kappa shape index (κ3) is 5.87. The number of nitrogens with one attached hydrogen (secondary N) is 2. The Hall–Kier alpha value is -3.30. The Morgan fingerprint density at radius 3 is 2.81 bits per heavy atom. The maximum Gasteiger partial charge on any atom is 0.306 e. The molecular weight excluding hydrogens is 352 g/mol. The van der Waals surface area contributed by atoms with Crippen LogP contribution in [0.5, 0.6) is 11.5 Å². The van der Waals surface area contributed by atoms with Crippen LogP contribution in [0.15, 0.2) is 35.6 Å². The lowest BCUT2D eigenvalue weighted by molar-refractivity contribution is -0.385. The van der Waals surface area contributed by atoms with E-state index in [1.54, 1.807) is 7.11 Å². The summed E-state index contributed by atoms with van der Waals surface area (Å²) in [7, 11) is 1.59. The average molecular weight is 376 g/mol. The number of benzene rings is 1. The summed E-state index contributed by atoms with van der Waals surface area (Å²) >= 11 is 0. The van der Waals surface area contributed by atoms with Gasteiger partial charge in [0.25, 0.3) is 0 Å². The van der Waals surface area contributed by atoms with Crippen molar-refractivity contribution in [2.24, 2.45) is 4.99 Å². The van der Waals surface area contributed by atoms with Crippen molar-refractivity contribution in [3.63, 3.8) is 0 Å². The van der Waals surface area contributed by atoms with Crippen molar-refractivity contribution in [2.75, 3.05) is 32.1 Å². The summed E-state index contributed by atoms with van der Waals surface area (Å²) in [5.74, 6) is 1.89. The van der Waals surface area contributed by atoms with Crippen molar-refractivity contribution in [3.05, 3.63) is 40.7 Å². The van der Waals surface area contributed by atoms with Crippen LogP contribution >= 0.6 is 0 Å². The predicted molar refractivity (Wildman–Crippen MR) is 103 cm³/mol. The average Bonchev–Trinajstić information content (AvgIpc) is 3.12. The van der Waals surface area contributed by atoms with Crippen LogP contribution in [0.2, 0.25) is 0 Å². The minimum atomic E-state index is -0.474. The second-order valence-corrected chi connectivity index (χ2v) is 5.40. The van der Waals surface area contributed by atoms with Gasteiger partial charge in [0.2, 0.25) is 0 Å². The zero-order valence-electron chi connectivity index (χ0n) is 15.6. The van der Waals surface area contributed by atoms with Gasteiger partial charge in [-0.2, -0.15) is 5.10 Å². The van der Waals surface area contributed by atoms with Crippen LogP contribution in [0, 0.1) is 10.1 Å². The van der Waals surface area contributed by atoms with E-state index in [0.29, 0.717) is 43.7 Å². The molecule has 1 aromatic carbocycles. The lowest BCUT2D eigenvalue weighted by Gasteiger charge is -2.14. The molecule has 2 aromatic rings. The second kappa shape index (κ2) is 10.00. The molecule has 0 aliphatic heterocycles. The van der Waals surface area contributed by atoms with Crippen LogP contribution in [-0.2, 0) is 6.54 Å². The third-order valence-corrected chi connectivity index (χ3v) is 3.50. The summed E-state index contributed by atoms with van der Waals surface area (Å²) in [6.07, 6.45) is 2.60. The quantitative estimate of drug-likeness (QED) is 0.298. The normalized spacial score (nSPS) is 11.1. The maximum atomic E-state index is 10.7. The highest BCUT2D eigenvalue weighted by atomic mass is 16.6. The smallest absolute Gasteiger partial charge is 0.306 e. The number of methoxy groups -OCH3 is 1. The molecule has 0 saturated heterocycles. The molecule has 0 aliphatic carbocycles. The summed E-state index contributed by atoms with van der Waals surface area (Å²) in [6.45, 7) is 5.93. The van der Waals surface area contributed by atoms with E-state index < -0.39 is 4.92 Å². The van der Waals surface area contributed by atoms with Crippen LogP contribution in [0.1, 0.15) is 13.8 Å². The molecule has 0 saturated carbocycles. The predicted octanol–water partition coefficient (Wildman–Crippen LogP) is 2.28. The van der Waals surface area contributed by atoms with Gasteiger partial charge in [0.1, 0.15) is 12.4 Å². The largest absolute Gasteiger partial charge is 0.493 e. The van der Waals surface area contributed by atoms with Crippen molar-refractivity contribution in [3.8, 4) is 11.5 Å². The molecule has 2 rings (SSSR count). The summed E-state index contributed by atoms with van der Waals surface area (Å²) in [4.78, 5) is 14.7. The Balaban J connectivity index is 2.04. The van der Waals surface area contributed by atoms with Gasteiger partial charge < -0.3 is 20.1 Å². The number of nitrogens with zero attached hydrogens (tertiary/aromatic N) is 4. The number of rotatable bonds is 9. The van der Waals surface area contributed by atoms with Gasteiger partial charge in [-0.3, -0.25) is 19.8 Å². The van der Waals surface area contributed by atoms with Crippen LogP contribution < -0.4 is 20.1 Å². The molecule has 0 unspecified atom stereocenters. The van der Waals surface area contributed by atoms with Crippen LogP contribution in [0.25, 0.3) is 0 Å². The molecule has 10 heteroatoms.